The molecule has 0 spiro atoms. The molecular formula is C56H65N11O8. The Morgan fingerprint density at radius 1 is 0.587 bits per heavy atom. The zero-order chi connectivity index (χ0) is 53.0. The normalized spacial score (nSPS) is 15.9. The highest BCUT2D eigenvalue weighted by atomic mass is 16.4. The van der Waals surface area contributed by atoms with E-state index in [9.17, 15) is 33.9 Å². The van der Waals surface area contributed by atoms with Crippen LogP contribution in [0.1, 0.15) is 61.3 Å². The molecule has 13 N–H and O–H groups in total. The van der Waals surface area contributed by atoms with Crippen molar-refractivity contribution in [1.82, 2.24) is 46.4 Å². The average molecular weight is 1020 g/mol. The second-order valence-electron chi connectivity index (χ2n) is 19.3. The molecule has 0 unspecified atom stereocenters. The van der Waals surface area contributed by atoms with E-state index in [1.54, 1.807) is 12.4 Å². The lowest BCUT2D eigenvalue weighted by Crippen LogP contribution is -2.60. The number of hydrogen-bond donors (Lipinski definition) is 11. The standard InChI is InChI=1S/C56H65N11O8/c1-33(56(74)75)62-51(69)45(22-11-12-24-57)63-52(70)47(29-37-32-61-44-21-10-7-18-40(37)44)65-54(72)49-23-13-25-67(49)55(73)48(26-34-14-3-2-4-15-34)66-53(71)46(28-36-31-60-43-20-9-6-17-39(36)43)64-50(68)41(58)27-35-30-59-42-19-8-5-16-38(35)42/h2-10,14-21,30-33,41,45-49,59-61H,11-13,22-29,57-58H2,1H3,(H,62,69)(H,63,70)(H,64,68)(H,65,72)(H,66,71)(H,74,75)/t33-,41-,45-,46-,47-,48-,49-/m0/s1. The van der Waals surface area contributed by atoms with Crippen LogP contribution in [0, 0.1) is 0 Å². The van der Waals surface area contributed by atoms with Crippen LogP contribution in [-0.2, 0) is 59.2 Å². The summed E-state index contributed by atoms with van der Waals surface area (Å²) in [5.41, 5.74) is 17.9. The van der Waals surface area contributed by atoms with Gasteiger partial charge in [0.15, 0.2) is 0 Å². The largest absolute Gasteiger partial charge is 0.480 e. The minimum atomic E-state index is -1.26. The molecule has 3 aromatic heterocycles. The van der Waals surface area contributed by atoms with Gasteiger partial charge in [-0.15, -0.1) is 0 Å². The number of carbonyl (C=O) groups excluding carboxylic acids is 6. The number of unbranched alkanes of at least 4 members (excludes halogenated alkanes) is 1. The highest BCUT2D eigenvalue weighted by molar-refractivity contribution is 5.98. The van der Waals surface area contributed by atoms with Gasteiger partial charge >= 0.3 is 5.97 Å². The minimum absolute atomic E-state index is 0.00735. The van der Waals surface area contributed by atoms with E-state index >= 15 is 4.79 Å². The average Bonchev–Trinajstić information content (AvgIpc) is 4.25. The van der Waals surface area contributed by atoms with E-state index in [4.69, 9.17) is 11.5 Å². The predicted octanol–water partition coefficient (Wildman–Crippen LogP) is 3.38. The molecular weight excluding hydrogens is 955 g/mol. The Bertz CT molecular complexity index is 3150. The molecule has 0 bridgehead atoms. The van der Waals surface area contributed by atoms with Crippen molar-refractivity contribution in [3.63, 3.8) is 0 Å². The molecule has 7 atom stereocenters. The second kappa shape index (κ2) is 24.6. The summed E-state index contributed by atoms with van der Waals surface area (Å²) in [6.07, 6.45) is 7.44. The summed E-state index contributed by atoms with van der Waals surface area (Å²) in [5.74, 6) is -5.02. The van der Waals surface area contributed by atoms with Gasteiger partial charge in [0.05, 0.1) is 6.04 Å². The number of nitrogens with one attached hydrogen (secondary N) is 8. The molecule has 392 valence electrons. The van der Waals surface area contributed by atoms with E-state index < -0.39 is 83.7 Å². The smallest absolute Gasteiger partial charge is 0.325 e. The van der Waals surface area contributed by atoms with Crippen molar-refractivity contribution >= 4 is 74.1 Å². The summed E-state index contributed by atoms with van der Waals surface area (Å²) < 4.78 is 0. The van der Waals surface area contributed by atoms with E-state index in [1.165, 1.54) is 11.8 Å². The number of amides is 6. The zero-order valence-electron chi connectivity index (χ0n) is 41.8. The molecule has 7 aromatic rings. The van der Waals surface area contributed by atoms with Crippen molar-refractivity contribution in [2.24, 2.45) is 11.5 Å². The minimum Gasteiger partial charge on any atom is -0.480 e. The number of aromatic amines is 3. The summed E-state index contributed by atoms with van der Waals surface area (Å²) in [5, 5.41) is 26.1. The van der Waals surface area contributed by atoms with Gasteiger partial charge in [0.25, 0.3) is 0 Å². The van der Waals surface area contributed by atoms with E-state index in [0.717, 1.165) is 49.4 Å². The molecule has 19 heteroatoms. The second-order valence-corrected chi connectivity index (χ2v) is 19.3. The molecule has 0 aliphatic carbocycles. The number of fused-ring (bicyclic) bond motifs is 3. The molecule has 1 saturated heterocycles. The van der Waals surface area contributed by atoms with Crippen LogP contribution in [0.25, 0.3) is 32.7 Å². The van der Waals surface area contributed by atoms with Crippen LogP contribution in [0.15, 0.2) is 122 Å². The third-order valence-electron chi connectivity index (χ3n) is 14.0. The maximum Gasteiger partial charge on any atom is 0.325 e. The van der Waals surface area contributed by atoms with Crippen LogP contribution in [0.2, 0.25) is 0 Å². The molecule has 75 heavy (non-hydrogen) atoms. The van der Waals surface area contributed by atoms with E-state index in [2.05, 4.69) is 41.5 Å². The number of aliphatic carboxylic acids is 1. The van der Waals surface area contributed by atoms with E-state index in [-0.39, 0.29) is 45.1 Å². The molecule has 1 aliphatic rings. The van der Waals surface area contributed by atoms with Gasteiger partial charge in [0, 0.05) is 77.1 Å². The van der Waals surface area contributed by atoms with Gasteiger partial charge in [0.1, 0.15) is 36.3 Å². The molecule has 4 aromatic carbocycles. The SMILES string of the molecule is C[C@H](NC(=O)[C@H](CCCCN)NC(=O)[C@H](Cc1c[nH]c2ccccc12)NC(=O)[C@@H]1CCCN1C(=O)[C@H](Cc1ccccc1)NC(=O)[C@H](Cc1c[nH]c2ccccc12)NC(=O)[C@@H](N)Cc1c[nH]c2ccccc12)C(=O)O. The first kappa shape index (κ1) is 53.0. The molecule has 1 fully saturated rings. The van der Waals surface area contributed by atoms with Crippen molar-refractivity contribution < 1.29 is 38.7 Å². The Balaban J connectivity index is 1.04. The molecule has 4 heterocycles. The number of aromatic nitrogens is 3. The number of H-pyrrole nitrogens is 3. The number of carbonyl (C=O) groups is 7. The Hall–Kier alpha value is -8.29. The van der Waals surface area contributed by atoms with Crippen LogP contribution in [-0.4, -0.2) is 122 Å². The quantitative estimate of drug-likeness (QED) is 0.0392. The van der Waals surface area contributed by atoms with Gasteiger partial charge in [-0.1, -0.05) is 84.9 Å². The molecule has 19 nitrogen and oxygen atoms in total. The van der Waals surface area contributed by atoms with Crippen LogP contribution in [0.5, 0.6) is 0 Å². The van der Waals surface area contributed by atoms with Gasteiger partial charge < -0.3 is 63.0 Å². The van der Waals surface area contributed by atoms with Gasteiger partial charge in [-0.05, 0) is 92.4 Å². The summed E-state index contributed by atoms with van der Waals surface area (Å²) in [6.45, 7) is 1.82. The maximum atomic E-state index is 15.1. The number of benzene rings is 4. The Morgan fingerprint density at radius 3 is 1.61 bits per heavy atom. The van der Waals surface area contributed by atoms with Gasteiger partial charge in [-0.3, -0.25) is 33.6 Å². The molecule has 0 saturated carbocycles. The first-order valence-electron chi connectivity index (χ1n) is 25.5. The first-order valence-corrected chi connectivity index (χ1v) is 25.5. The van der Waals surface area contributed by atoms with E-state index in [1.807, 2.05) is 109 Å². The summed E-state index contributed by atoms with van der Waals surface area (Å²) in [7, 11) is 0. The molecule has 8 rings (SSSR count). The lowest BCUT2D eigenvalue weighted by atomic mass is 10.00. The molecule has 1 aliphatic heterocycles. The Morgan fingerprint density at radius 2 is 1.07 bits per heavy atom. The first-order chi connectivity index (χ1) is 36.3. The van der Waals surface area contributed by atoms with Crippen LogP contribution >= 0.6 is 0 Å². The van der Waals surface area contributed by atoms with Crippen LogP contribution in [0.3, 0.4) is 0 Å². The number of rotatable bonds is 24. The molecule has 0 radical (unpaired) electrons. The van der Waals surface area contributed by atoms with Crippen molar-refractivity contribution in [3.05, 3.63) is 144 Å². The lowest BCUT2D eigenvalue weighted by Gasteiger charge is -2.31. The Labute approximate surface area is 433 Å². The number of likely N-dealkylation sites (tertiary alicyclic amines) is 1. The van der Waals surface area contributed by atoms with Crippen molar-refractivity contribution in [1.29, 1.82) is 0 Å². The van der Waals surface area contributed by atoms with E-state index in [0.29, 0.717) is 31.4 Å². The van der Waals surface area contributed by atoms with Crippen molar-refractivity contribution in [2.45, 2.75) is 107 Å². The maximum absolute atomic E-state index is 15.1. The Kier molecular flexibility index (Phi) is 17.4. The topological polar surface area (TPSA) is 303 Å². The van der Waals surface area contributed by atoms with Gasteiger partial charge in [0.2, 0.25) is 35.4 Å². The van der Waals surface area contributed by atoms with Gasteiger partial charge in [-0.25, -0.2) is 0 Å². The van der Waals surface area contributed by atoms with Crippen molar-refractivity contribution in [2.75, 3.05) is 13.1 Å². The summed E-state index contributed by atoms with van der Waals surface area (Å²) >= 11 is 0. The third kappa shape index (κ3) is 13.1. The van der Waals surface area contributed by atoms with Crippen LogP contribution in [0.4, 0.5) is 0 Å². The monoisotopic (exact) mass is 1020 g/mol. The number of hydrogen-bond acceptors (Lipinski definition) is 9. The number of nitrogens with zero attached hydrogens (tertiary/aromatic N) is 1. The van der Waals surface area contributed by atoms with Crippen LogP contribution < -0.4 is 38.1 Å². The third-order valence-corrected chi connectivity index (χ3v) is 14.0. The number of nitrogens with two attached hydrogens (primary N) is 2. The number of carboxylic acid groups (broad SMARTS) is 1. The highest BCUT2D eigenvalue weighted by Gasteiger charge is 2.40. The zero-order valence-corrected chi connectivity index (χ0v) is 41.8. The number of carboxylic acids is 1. The fourth-order valence-electron chi connectivity index (χ4n) is 9.87. The van der Waals surface area contributed by atoms with Crippen molar-refractivity contribution in [3.8, 4) is 0 Å². The summed E-state index contributed by atoms with van der Waals surface area (Å²) in [4.78, 5) is 109. The lowest BCUT2D eigenvalue weighted by molar-refractivity contribution is -0.142. The summed E-state index contributed by atoms with van der Waals surface area (Å²) in [6, 6.07) is 23.7. The fourth-order valence-corrected chi connectivity index (χ4v) is 9.87. The fraction of sp³-hybridized carbons (Fsp3) is 0.339. The van der Waals surface area contributed by atoms with Gasteiger partial charge in [-0.2, -0.15) is 0 Å². The highest BCUT2D eigenvalue weighted by Crippen LogP contribution is 2.25. The molecule has 6 amide bonds. The predicted molar refractivity (Wildman–Crippen MR) is 285 cm³/mol. The number of para-hydroxylation sites is 3.